The Kier molecular flexibility index (Phi) is 7.25. The van der Waals surface area contributed by atoms with Gasteiger partial charge in [-0.05, 0) is 30.4 Å². The fraction of sp³-hybridized carbons (Fsp3) is 0.556. The van der Waals surface area contributed by atoms with Gasteiger partial charge in [0.2, 0.25) is 5.91 Å². The van der Waals surface area contributed by atoms with Crippen LogP contribution in [0, 0.1) is 11.8 Å². The molecule has 0 fully saturated rings. The minimum atomic E-state index is -0.488. The summed E-state index contributed by atoms with van der Waals surface area (Å²) >= 11 is 0. The van der Waals surface area contributed by atoms with Crippen molar-refractivity contribution in [1.82, 2.24) is 5.32 Å². The molecule has 2 N–H and O–H groups in total. The van der Waals surface area contributed by atoms with Crippen molar-refractivity contribution >= 4 is 11.7 Å². The van der Waals surface area contributed by atoms with Gasteiger partial charge in [-0.15, -0.1) is 0 Å². The van der Waals surface area contributed by atoms with Crippen molar-refractivity contribution in [3.63, 3.8) is 0 Å². The number of benzene rings is 1. The molecule has 0 heterocycles. The summed E-state index contributed by atoms with van der Waals surface area (Å²) in [5.41, 5.74) is 1.71. The lowest BCUT2D eigenvalue weighted by molar-refractivity contribution is -0.130. The van der Waals surface area contributed by atoms with Crippen LogP contribution in [0.25, 0.3) is 0 Å². The number of carbonyl (C=O) groups excluding carboxylic acids is 2. The summed E-state index contributed by atoms with van der Waals surface area (Å²) in [6, 6.07) is 6.79. The molecule has 22 heavy (non-hydrogen) atoms. The first-order chi connectivity index (χ1) is 10.4. The van der Waals surface area contributed by atoms with E-state index in [0.717, 1.165) is 17.5 Å². The van der Waals surface area contributed by atoms with Crippen LogP contribution >= 0.6 is 0 Å². The van der Waals surface area contributed by atoms with E-state index in [4.69, 9.17) is 5.11 Å². The first-order valence-corrected chi connectivity index (χ1v) is 7.90. The molecule has 1 aromatic rings. The molecule has 0 saturated heterocycles. The largest absolute Gasteiger partial charge is 0.392 e. The maximum atomic E-state index is 12.2. The number of ketones is 1. The van der Waals surface area contributed by atoms with E-state index >= 15 is 0 Å². The Labute approximate surface area is 132 Å². The molecule has 0 spiro atoms. The summed E-state index contributed by atoms with van der Waals surface area (Å²) in [6.45, 7) is 7.75. The highest BCUT2D eigenvalue weighted by Gasteiger charge is 2.23. The van der Waals surface area contributed by atoms with Crippen LogP contribution in [-0.2, 0) is 22.6 Å². The van der Waals surface area contributed by atoms with E-state index in [-0.39, 0.29) is 36.6 Å². The third kappa shape index (κ3) is 5.26. The van der Waals surface area contributed by atoms with Gasteiger partial charge in [-0.2, -0.15) is 0 Å². The van der Waals surface area contributed by atoms with Gasteiger partial charge in [0.25, 0.3) is 0 Å². The fourth-order valence-corrected chi connectivity index (χ4v) is 2.48. The number of aliphatic hydroxyl groups excluding tert-OH is 1. The van der Waals surface area contributed by atoms with Gasteiger partial charge in [-0.3, -0.25) is 9.59 Å². The number of Topliss-reactive ketones (excluding diaryl/α,β-unsaturated/α-hetero) is 1. The fourth-order valence-electron chi connectivity index (χ4n) is 2.48. The Hall–Kier alpha value is -1.68. The van der Waals surface area contributed by atoms with Crippen molar-refractivity contribution in [1.29, 1.82) is 0 Å². The molecule has 1 rings (SSSR count). The van der Waals surface area contributed by atoms with E-state index in [0.29, 0.717) is 0 Å². The maximum Gasteiger partial charge on any atom is 0.223 e. The number of amides is 1. The molecule has 0 saturated carbocycles. The average Bonchev–Trinajstić information content (AvgIpc) is 2.48. The first-order valence-electron chi connectivity index (χ1n) is 7.90. The van der Waals surface area contributed by atoms with E-state index < -0.39 is 6.04 Å². The Balaban J connectivity index is 2.59. The third-order valence-corrected chi connectivity index (χ3v) is 4.01. The van der Waals surface area contributed by atoms with E-state index in [2.05, 4.69) is 5.32 Å². The van der Waals surface area contributed by atoms with E-state index in [1.807, 2.05) is 32.9 Å². The number of rotatable bonds is 8. The smallest absolute Gasteiger partial charge is 0.223 e. The summed E-state index contributed by atoms with van der Waals surface area (Å²) in [7, 11) is 0. The Morgan fingerprint density at radius 2 is 1.64 bits per heavy atom. The van der Waals surface area contributed by atoms with Crippen molar-refractivity contribution in [3.05, 3.63) is 35.4 Å². The highest BCUT2D eigenvalue weighted by molar-refractivity contribution is 5.90. The van der Waals surface area contributed by atoms with E-state index in [1.165, 1.54) is 0 Å². The monoisotopic (exact) mass is 305 g/mol. The lowest BCUT2D eigenvalue weighted by atomic mass is 9.92. The molecular formula is C18H27NO3. The van der Waals surface area contributed by atoms with Crippen LogP contribution in [0.15, 0.2) is 24.3 Å². The van der Waals surface area contributed by atoms with Crippen molar-refractivity contribution in [2.24, 2.45) is 11.8 Å². The lowest BCUT2D eigenvalue weighted by Gasteiger charge is -2.21. The quantitative estimate of drug-likeness (QED) is 0.775. The Morgan fingerprint density at radius 3 is 2.09 bits per heavy atom. The van der Waals surface area contributed by atoms with Crippen molar-refractivity contribution in [2.45, 2.75) is 53.2 Å². The second kappa shape index (κ2) is 8.69. The number of hydrogen-bond donors (Lipinski definition) is 2. The normalized spacial score (nSPS) is 13.7. The summed E-state index contributed by atoms with van der Waals surface area (Å²) < 4.78 is 0. The second-order valence-corrected chi connectivity index (χ2v) is 6.11. The van der Waals surface area contributed by atoms with Gasteiger partial charge >= 0.3 is 0 Å². The molecule has 1 amide bonds. The minimum Gasteiger partial charge on any atom is -0.392 e. The molecule has 1 aromatic carbocycles. The highest BCUT2D eigenvalue weighted by Crippen LogP contribution is 2.15. The molecule has 0 aliphatic rings. The molecule has 122 valence electrons. The Morgan fingerprint density at radius 1 is 1.09 bits per heavy atom. The molecule has 0 aromatic heterocycles. The highest BCUT2D eigenvalue weighted by atomic mass is 16.3. The molecule has 0 aliphatic carbocycles. The zero-order chi connectivity index (χ0) is 16.7. The molecule has 0 aliphatic heterocycles. The van der Waals surface area contributed by atoms with Crippen LogP contribution in [0.1, 0.15) is 45.2 Å². The zero-order valence-electron chi connectivity index (χ0n) is 13.9. The minimum absolute atomic E-state index is 0.00566. The molecule has 2 atom stereocenters. The van der Waals surface area contributed by atoms with Crippen molar-refractivity contribution in [2.75, 3.05) is 0 Å². The van der Waals surface area contributed by atoms with Gasteiger partial charge in [0, 0.05) is 12.3 Å². The molecule has 0 unspecified atom stereocenters. The number of hydrogen-bond acceptors (Lipinski definition) is 3. The third-order valence-electron chi connectivity index (χ3n) is 4.01. The van der Waals surface area contributed by atoms with E-state index in [9.17, 15) is 9.59 Å². The molecule has 0 bridgehead atoms. The summed E-state index contributed by atoms with van der Waals surface area (Å²) in [6.07, 6.45) is 1.05. The average molecular weight is 305 g/mol. The number of nitrogens with one attached hydrogen (secondary N) is 1. The summed E-state index contributed by atoms with van der Waals surface area (Å²) in [5.74, 6) is 0.148. The van der Waals surface area contributed by atoms with Crippen LogP contribution in [0.2, 0.25) is 0 Å². The van der Waals surface area contributed by atoms with Gasteiger partial charge in [-0.1, -0.05) is 45.0 Å². The number of aliphatic hydroxyl groups is 1. The van der Waals surface area contributed by atoms with Gasteiger partial charge < -0.3 is 10.4 Å². The predicted octanol–water partition coefficient (Wildman–Crippen LogP) is 2.48. The Bertz CT molecular complexity index is 494. The second-order valence-electron chi connectivity index (χ2n) is 6.11. The van der Waals surface area contributed by atoms with Gasteiger partial charge in [0.05, 0.1) is 12.6 Å². The van der Waals surface area contributed by atoms with Crippen LogP contribution in [0.5, 0.6) is 0 Å². The van der Waals surface area contributed by atoms with Crippen molar-refractivity contribution < 1.29 is 14.7 Å². The van der Waals surface area contributed by atoms with Crippen LogP contribution in [-0.4, -0.2) is 22.8 Å². The summed E-state index contributed by atoms with van der Waals surface area (Å²) in [4.78, 5) is 24.4. The SMILES string of the molecule is CC[C@H](C(=O)N[C@@H](C)C(=O)Cc1ccc(CO)cc1)C(C)C. The molecule has 0 radical (unpaired) electrons. The predicted molar refractivity (Wildman–Crippen MR) is 87.3 cm³/mol. The zero-order valence-corrected chi connectivity index (χ0v) is 13.9. The standard InChI is InChI=1S/C18H27NO3/c1-5-16(12(2)3)18(22)19-13(4)17(21)10-14-6-8-15(11-20)9-7-14/h6-9,12-13,16,20H,5,10-11H2,1-4H3,(H,19,22)/t13-,16-/m0/s1. The van der Waals surface area contributed by atoms with Gasteiger partial charge in [0.15, 0.2) is 5.78 Å². The first kappa shape index (κ1) is 18.4. The topological polar surface area (TPSA) is 66.4 Å². The van der Waals surface area contributed by atoms with E-state index in [1.54, 1.807) is 19.1 Å². The van der Waals surface area contributed by atoms with Crippen LogP contribution in [0.3, 0.4) is 0 Å². The summed E-state index contributed by atoms with van der Waals surface area (Å²) in [5, 5.41) is 11.8. The van der Waals surface area contributed by atoms with Crippen molar-refractivity contribution in [3.8, 4) is 0 Å². The van der Waals surface area contributed by atoms with Gasteiger partial charge in [0.1, 0.15) is 0 Å². The lowest BCUT2D eigenvalue weighted by Crippen LogP contribution is -2.43. The van der Waals surface area contributed by atoms with Crippen LogP contribution < -0.4 is 5.32 Å². The molecule has 4 heteroatoms. The van der Waals surface area contributed by atoms with Crippen LogP contribution in [0.4, 0.5) is 0 Å². The molecular weight excluding hydrogens is 278 g/mol. The van der Waals surface area contributed by atoms with Gasteiger partial charge in [-0.25, -0.2) is 0 Å². The molecule has 4 nitrogen and oxygen atoms in total. The maximum absolute atomic E-state index is 12.2. The number of carbonyl (C=O) groups is 2.